The fraction of sp³-hybridized carbons (Fsp3) is 0.0909. The van der Waals surface area contributed by atoms with Gasteiger partial charge in [0.05, 0.1) is 0 Å². The molecule has 2 rings (SSSR count). The van der Waals surface area contributed by atoms with E-state index in [0.29, 0.717) is 5.75 Å². The zero-order valence-electron chi connectivity index (χ0n) is 10.5. The third-order valence-electron chi connectivity index (χ3n) is 2.28. The molecule has 1 aromatic carbocycles. The van der Waals surface area contributed by atoms with E-state index in [4.69, 9.17) is 9.88 Å². The monoisotopic (exact) mass is 296 g/mol. The number of anilines is 1. The van der Waals surface area contributed by atoms with E-state index < -0.39 is 16.1 Å². The van der Waals surface area contributed by atoms with Crippen LogP contribution in [0.1, 0.15) is 0 Å². The number of carbonyl (C=O) groups excluding carboxylic acids is 1. The summed E-state index contributed by atoms with van der Waals surface area (Å²) in [6.07, 6.45) is 0.327. The largest absolute Gasteiger partial charge is 0.418 e. The van der Waals surface area contributed by atoms with Crippen LogP contribution in [0.15, 0.2) is 41.4 Å². The number of sulfonamides is 1. The van der Waals surface area contributed by atoms with Crippen molar-refractivity contribution < 1.29 is 17.9 Å². The molecular formula is C11H12N4O4S. The van der Waals surface area contributed by atoms with E-state index in [9.17, 15) is 13.2 Å². The first kappa shape index (κ1) is 14.0. The van der Waals surface area contributed by atoms with Crippen molar-refractivity contribution in [2.24, 2.45) is 12.2 Å². The number of ether oxygens (including phenoxy) is 1. The number of amides is 1. The standard InChI is InChI=1S/C11H12N4O4S/c1-15-7-9(20(12,17)18)10(14-15)13-11(16)19-8-5-3-2-4-6-8/h2-7H,1H3,(H2,12,17,18)(H,13,14,16). The van der Waals surface area contributed by atoms with Crippen LogP contribution in [0.25, 0.3) is 0 Å². The molecule has 0 aliphatic carbocycles. The highest BCUT2D eigenvalue weighted by Gasteiger charge is 2.20. The molecule has 0 bridgehead atoms. The number of primary sulfonamides is 1. The molecule has 1 heterocycles. The molecule has 0 unspecified atom stereocenters. The highest BCUT2D eigenvalue weighted by Crippen LogP contribution is 2.18. The van der Waals surface area contributed by atoms with E-state index in [0.717, 1.165) is 0 Å². The van der Waals surface area contributed by atoms with Crippen LogP contribution in [0, 0.1) is 0 Å². The smallest absolute Gasteiger partial charge is 0.410 e. The van der Waals surface area contributed by atoms with Crippen LogP contribution in [-0.4, -0.2) is 24.3 Å². The summed E-state index contributed by atoms with van der Waals surface area (Å²) in [5.41, 5.74) is 0. The minimum atomic E-state index is -3.98. The van der Waals surface area contributed by atoms with Gasteiger partial charge in [-0.25, -0.2) is 18.4 Å². The van der Waals surface area contributed by atoms with Gasteiger partial charge in [-0.1, -0.05) is 18.2 Å². The zero-order valence-corrected chi connectivity index (χ0v) is 11.3. The highest BCUT2D eigenvalue weighted by atomic mass is 32.2. The predicted octanol–water partition coefficient (Wildman–Crippen LogP) is 0.678. The molecular weight excluding hydrogens is 284 g/mol. The maximum Gasteiger partial charge on any atom is 0.418 e. The quantitative estimate of drug-likeness (QED) is 0.863. The number of aromatic nitrogens is 2. The Morgan fingerprint density at radius 1 is 1.35 bits per heavy atom. The van der Waals surface area contributed by atoms with E-state index >= 15 is 0 Å². The average Bonchev–Trinajstić information content (AvgIpc) is 2.71. The van der Waals surface area contributed by atoms with Crippen molar-refractivity contribution in [1.82, 2.24) is 9.78 Å². The molecule has 0 fully saturated rings. The molecule has 1 aromatic heterocycles. The first-order valence-electron chi connectivity index (χ1n) is 5.46. The second-order valence-corrected chi connectivity index (χ2v) is 5.42. The summed E-state index contributed by atoms with van der Waals surface area (Å²) in [5.74, 6) is 0.133. The molecule has 0 aliphatic rings. The molecule has 0 atom stereocenters. The summed E-state index contributed by atoms with van der Waals surface area (Å²) >= 11 is 0. The van der Waals surface area contributed by atoms with Crippen LogP contribution < -0.4 is 15.2 Å². The molecule has 3 N–H and O–H groups in total. The third kappa shape index (κ3) is 3.33. The Labute approximate surface area is 115 Å². The number of para-hydroxylation sites is 1. The third-order valence-corrected chi connectivity index (χ3v) is 3.19. The molecule has 20 heavy (non-hydrogen) atoms. The van der Waals surface area contributed by atoms with Gasteiger partial charge in [0.1, 0.15) is 10.6 Å². The molecule has 1 amide bonds. The minimum absolute atomic E-state index is 0.184. The molecule has 2 aromatic rings. The summed E-state index contributed by atoms with van der Waals surface area (Å²) in [4.78, 5) is 11.4. The molecule has 0 saturated carbocycles. The molecule has 8 nitrogen and oxygen atoms in total. The highest BCUT2D eigenvalue weighted by molar-refractivity contribution is 7.89. The summed E-state index contributed by atoms with van der Waals surface area (Å²) in [7, 11) is -2.48. The second-order valence-electron chi connectivity index (χ2n) is 3.89. The minimum Gasteiger partial charge on any atom is -0.410 e. The summed E-state index contributed by atoms with van der Waals surface area (Å²) < 4.78 is 28.9. The lowest BCUT2D eigenvalue weighted by Crippen LogP contribution is -2.20. The van der Waals surface area contributed by atoms with Gasteiger partial charge in [-0.2, -0.15) is 5.10 Å². The van der Waals surface area contributed by atoms with Crippen molar-refractivity contribution in [2.45, 2.75) is 4.90 Å². The van der Waals surface area contributed by atoms with Gasteiger partial charge in [0.25, 0.3) is 0 Å². The predicted molar refractivity (Wildman–Crippen MR) is 70.7 cm³/mol. The van der Waals surface area contributed by atoms with Gasteiger partial charge in [0.2, 0.25) is 10.0 Å². The molecule has 106 valence electrons. The summed E-state index contributed by atoms with van der Waals surface area (Å²) in [6, 6.07) is 8.32. The second kappa shape index (κ2) is 5.31. The van der Waals surface area contributed by atoms with Gasteiger partial charge in [-0.3, -0.25) is 10.00 Å². The van der Waals surface area contributed by atoms with Crippen molar-refractivity contribution in [1.29, 1.82) is 0 Å². The number of benzene rings is 1. The van der Waals surface area contributed by atoms with Gasteiger partial charge in [-0.15, -0.1) is 0 Å². The van der Waals surface area contributed by atoms with Crippen molar-refractivity contribution in [3.8, 4) is 5.75 Å². The molecule has 9 heteroatoms. The Hall–Kier alpha value is -2.39. The van der Waals surface area contributed by atoms with Gasteiger partial charge in [-0.05, 0) is 12.1 Å². The van der Waals surface area contributed by atoms with Crippen LogP contribution in [0.2, 0.25) is 0 Å². The Balaban J connectivity index is 2.17. The van der Waals surface area contributed by atoms with Gasteiger partial charge < -0.3 is 4.74 Å². The van der Waals surface area contributed by atoms with Gasteiger partial charge >= 0.3 is 6.09 Å². The van der Waals surface area contributed by atoms with E-state index in [2.05, 4.69) is 10.4 Å². The van der Waals surface area contributed by atoms with Crippen molar-refractivity contribution in [3.05, 3.63) is 36.5 Å². The van der Waals surface area contributed by atoms with Crippen LogP contribution in [0.4, 0.5) is 10.6 Å². The van der Waals surface area contributed by atoms with Crippen LogP contribution >= 0.6 is 0 Å². The molecule has 0 radical (unpaired) electrons. The van der Waals surface area contributed by atoms with Crippen molar-refractivity contribution in [3.63, 3.8) is 0 Å². The number of aryl methyl sites for hydroxylation is 1. The Bertz CT molecular complexity index is 724. The Kier molecular flexibility index (Phi) is 3.72. The number of hydrogen-bond donors (Lipinski definition) is 2. The normalized spacial score (nSPS) is 11.1. The SMILES string of the molecule is Cn1cc(S(N)(=O)=O)c(NC(=O)Oc2ccccc2)n1. The van der Waals surface area contributed by atoms with E-state index in [-0.39, 0.29) is 10.7 Å². The maximum atomic E-state index is 11.7. The lowest BCUT2D eigenvalue weighted by molar-refractivity contribution is 0.215. The summed E-state index contributed by atoms with van der Waals surface area (Å²) in [5, 5.41) is 11.1. The number of rotatable bonds is 3. The number of nitrogens with one attached hydrogen (secondary N) is 1. The fourth-order valence-electron chi connectivity index (χ4n) is 1.48. The van der Waals surface area contributed by atoms with Crippen molar-refractivity contribution >= 4 is 21.9 Å². The zero-order chi connectivity index (χ0) is 14.8. The number of nitrogens with two attached hydrogens (primary N) is 1. The van der Waals surface area contributed by atoms with Gasteiger partial charge in [0.15, 0.2) is 5.82 Å². The van der Waals surface area contributed by atoms with Crippen LogP contribution in [0.3, 0.4) is 0 Å². The van der Waals surface area contributed by atoms with Crippen molar-refractivity contribution in [2.75, 3.05) is 5.32 Å². The number of carbonyl (C=O) groups is 1. The fourth-order valence-corrected chi connectivity index (χ4v) is 2.14. The first-order valence-corrected chi connectivity index (χ1v) is 7.01. The average molecular weight is 296 g/mol. The van der Waals surface area contributed by atoms with E-state index in [1.54, 1.807) is 30.3 Å². The topological polar surface area (TPSA) is 116 Å². The Morgan fingerprint density at radius 3 is 2.60 bits per heavy atom. The number of nitrogens with zero attached hydrogens (tertiary/aromatic N) is 2. The van der Waals surface area contributed by atoms with Gasteiger partial charge in [0, 0.05) is 13.2 Å². The molecule has 0 spiro atoms. The molecule has 0 saturated heterocycles. The van der Waals surface area contributed by atoms with E-state index in [1.165, 1.54) is 17.9 Å². The molecule has 0 aliphatic heterocycles. The maximum absolute atomic E-state index is 11.7. The number of hydrogen-bond acceptors (Lipinski definition) is 5. The first-order chi connectivity index (χ1) is 9.36. The lowest BCUT2D eigenvalue weighted by atomic mass is 10.3. The lowest BCUT2D eigenvalue weighted by Gasteiger charge is -2.05. The Morgan fingerprint density at radius 2 is 2.00 bits per heavy atom. The van der Waals surface area contributed by atoms with Crippen LogP contribution in [0.5, 0.6) is 5.75 Å². The van der Waals surface area contributed by atoms with Crippen LogP contribution in [-0.2, 0) is 17.1 Å². The summed E-state index contributed by atoms with van der Waals surface area (Å²) in [6.45, 7) is 0. The van der Waals surface area contributed by atoms with E-state index in [1.807, 2.05) is 0 Å².